The number of rotatable bonds is 0. The number of fused-ring (bicyclic) bond motifs is 1. The molecule has 4 heteroatoms. The van der Waals surface area contributed by atoms with Gasteiger partial charge in [-0.05, 0) is 18.1 Å². The largest absolute Gasteiger partial charge is 0.504 e. The van der Waals surface area contributed by atoms with Gasteiger partial charge in [-0.25, -0.2) is 0 Å². The number of nitrogens with zero attached hydrogens (tertiary/aromatic N) is 1. The number of amides is 1. The highest BCUT2D eigenvalue weighted by molar-refractivity contribution is 5.96. The topological polar surface area (TPSA) is 60.8 Å². The Hall–Kier alpha value is -1.71. The minimum atomic E-state index is -0.190. The van der Waals surface area contributed by atoms with Gasteiger partial charge < -0.3 is 15.1 Å². The van der Waals surface area contributed by atoms with Gasteiger partial charge in [0.25, 0.3) is 0 Å². The summed E-state index contributed by atoms with van der Waals surface area (Å²) in [5.41, 5.74) is 1.57. The maximum absolute atomic E-state index is 11.3. The van der Waals surface area contributed by atoms with E-state index in [1.54, 1.807) is 7.05 Å². The van der Waals surface area contributed by atoms with Gasteiger partial charge in [-0.3, -0.25) is 4.79 Å². The molecule has 0 atom stereocenters. The third-order valence-corrected chi connectivity index (χ3v) is 2.52. The lowest BCUT2D eigenvalue weighted by molar-refractivity contribution is -0.118. The number of phenolic OH excluding ortho intramolecular Hbond substituents is 2. The molecule has 14 heavy (non-hydrogen) atoms. The van der Waals surface area contributed by atoms with Gasteiger partial charge in [0.15, 0.2) is 11.5 Å². The van der Waals surface area contributed by atoms with Crippen LogP contribution in [0.4, 0.5) is 5.69 Å². The molecule has 0 saturated heterocycles. The lowest BCUT2D eigenvalue weighted by atomic mass is 10.0. The van der Waals surface area contributed by atoms with Crippen LogP contribution in [0, 0.1) is 0 Å². The van der Waals surface area contributed by atoms with Crippen molar-refractivity contribution >= 4 is 11.6 Å². The number of aryl methyl sites for hydroxylation is 1. The van der Waals surface area contributed by atoms with Crippen molar-refractivity contribution in [3.05, 3.63) is 17.7 Å². The van der Waals surface area contributed by atoms with Gasteiger partial charge in [0.1, 0.15) is 0 Å². The van der Waals surface area contributed by atoms with Crippen molar-refractivity contribution in [3.63, 3.8) is 0 Å². The lowest BCUT2D eigenvalue weighted by Crippen LogP contribution is -2.30. The first-order chi connectivity index (χ1) is 6.59. The predicted molar refractivity (Wildman–Crippen MR) is 51.5 cm³/mol. The fraction of sp³-hybridized carbons (Fsp3) is 0.300. The molecule has 0 radical (unpaired) electrons. The summed E-state index contributed by atoms with van der Waals surface area (Å²) in [7, 11) is 1.66. The van der Waals surface area contributed by atoms with Crippen LogP contribution in [0.15, 0.2) is 12.1 Å². The molecule has 0 aliphatic carbocycles. The maximum atomic E-state index is 11.3. The Bertz CT molecular complexity index is 401. The van der Waals surface area contributed by atoms with Crippen molar-refractivity contribution in [1.82, 2.24) is 0 Å². The molecule has 0 saturated carbocycles. The highest BCUT2D eigenvalue weighted by atomic mass is 16.3. The van der Waals surface area contributed by atoms with Crippen LogP contribution < -0.4 is 4.90 Å². The van der Waals surface area contributed by atoms with E-state index in [0.29, 0.717) is 18.5 Å². The lowest BCUT2D eigenvalue weighted by Gasteiger charge is -2.25. The Kier molecular flexibility index (Phi) is 1.84. The average Bonchev–Trinajstić information content (AvgIpc) is 2.15. The molecule has 0 unspecified atom stereocenters. The number of carbonyl (C=O) groups excluding carboxylic acids is 1. The summed E-state index contributed by atoms with van der Waals surface area (Å²) in [6.07, 6.45) is 1.07. The monoisotopic (exact) mass is 193 g/mol. The average molecular weight is 193 g/mol. The molecule has 4 nitrogen and oxygen atoms in total. The van der Waals surface area contributed by atoms with Gasteiger partial charge in [-0.1, -0.05) is 0 Å². The Morgan fingerprint density at radius 1 is 1.21 bits per heavy atom. The van der Waals surface area contributed by atoms with E-state index in [2.05, 4.69) is 0 Å². The number of anilines is 1. The molecule has 1 aliphatic heterocycles. The Morgan fingerprint density at radius 2 is 1.86 bits per heavy atom. The van der Waals surface area contributed by atoms with Crippen molar-refractivity contribution in [3.8, 4) is 11.5 Å². The number of hydrogen-bond donors (Lipinski definition) is 2. The summed E-state index contributed by atoms with van der Waals surface area (Å²) in [6.45, 7) is 0. The van der Waals surface area contributed by atoms with Crippen LogP contribution in [0.5, 0.6) is 11.5 Å². The van der Waals surface area contributed by atoms with Gasteiger partial charge in [0, 0.05) is 19.5 Å². The zero-order valence-corrected chi connectivity index (χ0v) is 7.82. The quantitative estimate of drug-likeness (QED) is 0.604. The second-order valence-corrected chi connectivity index (χ2v) is 3.42. The van der Waals surface area contributed by atoms with Crippen LogP contribution in [0.2, 0.25) is 0 Å². The molecule has 2 N–H and O–H groups in total. The summed E-state index contributed by atoms with van der Waals surface area (Å²) < 4.78 is 0. The molecule has 1 aromatic carbocycles. The van der Waals surface area contributed by atoms with E-state index in [0.717, 1.165) is 5.56 Å². The van der Waals surface area contributed by atoms with E-state index in [9.17, 15) is 15.0 Å². The second kappa shape index (κ2) is 2.90. The summed E-state index contributed by atoms with van der Waals surface area (Å²) in [5.74, 6) is -0.292. The molecule has 0 bridgehead atoms. The number of phenols is 2. The molecule has 0 fully saturated rings. The van der Waals surface area contributed by atoms with E-state index < -0.39 is 0 Å². The maximum Gasteiger partial charge on any atom is 0.227 e. The fourth-order valence-electron chi connectivity index (χ4n) is 1.67. The molecular weight excluding hydrogens is 182 g/mol. The van der Waals surface area contributed by atoms with Gasteiger partial charge >= 0.3 is 0 Å². The van der Waals surface area contributed by atoms with Crippen molar-refractivity contribution in [2.24, 2.45) is 0 Å². The number of hydrogen-bond acceptors (Lipinski definition) is 3. The van der Waals surface area contributed by atoms with Gasteiger partial charge in [-0.2, -0.15) is 0 Å². The van der Waals surface area contributed by atoms with E-state index in [-0.39, 0.29) is 17.4 Å². The van der Waals surface area contributed by atoms with Crippen molar-refractivity contribution in [1.29, 1.82) is 0 Å². The molecule has 74 valence electrons. The van der Waals surface area contributed by atoms with E-state index >= 15 is 0 Å². The van der Waals surface area contributed by atoms with Gasteiger partial charge in [0.2, 0.25) is 5.91 Å². The van der Waals surface area contributed by atoms with E-state index in [1.165, 1.54) is 17.0 Å². The van der Waals surface area contributed by atoms with Crippen LogP contribution in [0.1, 0.15) is 12.0 Å². The van der Waals surface area contributed by atoms with Crippen LogP contribution in [0.25, 0.3) is 0 Å². The van der Waals surface area contributed by atoms with Crippen molar-refractivity contribution in [2.75, 3.05) is 11.9 Å². The molecule has 0 aromatic heterocycles. The van der Waals surface area contributed by atoms with Gasteiger partial charge in [0.05, 0.1) is 5.69 Å². The summed E-state index contributed by atoms with van der Waals surface area (Å²) in [4.78, 5) is 12.8. The van der Waals surface area contributed by atoms with Crippen molar-refractivity contribution in [2.45, 2.75) is 12.8 Å². The molecule has 2 rings (SSSR count). The number of carbonyl (C=O) groups is 1. The normalized spacial score (nSPS) is 15.5. The summed E-state index contributed by atoms with van der Waals surface area (Å²) in [5, 5.41) is 18.6. The molecule has 1 heterocycles. The van der Waals surface area contributed by atoms with Crippen LogP contribution in [-0.4, -0.2) is 23.2 Å². The minimum Gasteiger partial charge on any atom is -0.504 e. The van der Waals surface area contributed by atoms with Crippen LogP contribution in [0.3, 0.4) is 0 Å². The van der Waals surface area contributed by atoms with E-state index in [1.807, 2.05) is 0 Å². The fourth-order valence-corrected chi connectivity index (χ4v) is 1.67. The van der Waals surface area contributed by atoms with Gasteiger partial charge in [-0.15, -0.1) is 0 Å². The zero-order valence-electron chi connectivity index (χ0n) is 7.82. The molecule has 1 aromatic rings. The Balaban J connectivity index is 2.55. The Morgan fingerprint density at radius 3 is 2.57 bits per heavy atom. The van der Waals surface area contributed by atoms with Crippen LogP contribution in [-0.2, 0) is 11.2 Å². The minimum absolute atomic E-state index is 0.0302. The summed E-state index contributed by atoms with van der Waals surface area (Å²) in [6, 6.07) is 2.93. The number of benzene rings is 1. The number of aromatic hydroxyl groups is 2. The third-order valence-electron chi connectivity index (χ3n) is 2.52. The van der Waals surface area contributed by atoms with Crippen LogP contribution >= 0.6 is 0 Å². The zero-order chi connectivity index (χ0) is 10.3. The van der Waals surface area contributed by atoms with Crippen molar-refractivity contribution < 1.29 is 15.0 Å². The first-order valence-corrected chi connectivity index (χ1v) is 4.41. The predicted octanol–water partition coefficient (Wildman–Crippen LogP) is 1.01. The molecule has 0 spiro atoms. The summed E-state index contributed by atoms with van der Waals surface area (Å²) >= 11 is 0. The molecule has 1 aliphatic rings. The first kappa shape index (κ1) is 8.87. The Labute approximate surface area is 81.4 Å². The standard InChI is InChI=1S/C10H11NO3/c1-11-7-5-9(13)8(12)4-6(7)2-3-10(11)14/h4-5,12-13H,2-3H2,1H3. The smallest absolute Gasteiger partial charge is 0.227 e. The highest BCUT2D eigenvalue weighted by Gasteiger charge is 2.22. The molecule has 1 amide bonds. The second-order valence-electron chi connectivity index (χ2n) is 3.42. The molecular formula is C10H11NO3. The van der Waals surface area contributed by atoms with E-state index in [4.69, 9.17) is 0 Å². The third kappa shape index (κ3) is 1.19. The first-order valence-electron chi connectivity index (χ1n) is 4.41. The highest BCUT2D eigenvalue weighted by Crippen LogP contribution is 2.36. The SMILES string of the molecule is CN1C(=O)CCc2cc(O)c(O)cc21.